The SMILES string of the molecule is COCCNCCNC(=O)c1nccn2ccnc12.Cl.Cl. The van der Waals surface area contributed by atoms with Crippen molar-refractivity contribution in [3.05, 3.63) is 30.5 Å². The summed E-state index contributed by atoms with van der Waals surface area (Å²) in [6, 6.07) is 0. The van der Waals surface area contributed by atoms with Crippen molar-refractivity contribution in [2.45, 2.75) is 0 Å². The van der Waals surface area contributed by atoms with Crippen molar-refractivity contribution in [1.82, 2.24) is 25.0 Å². The van der Waals surface area contributed by atoms with Gasteiger partial charge in [-0.25, -0.2) is 9.97 Å². The normalized spacial score (nSPS) is 9.76. The molecule has 0 saturated carbocycles. The van der Waals surface area contributed by atoms with E-state index in [1.807, 2.05) is 0 Å². The molecule has 0 radical (unpaired) electrons. The number of imidazole rings is 1. The summed E-state index contributed by atoms with van der Waals surface area (Å²) in [5.41, 5.74) is 0.900. The molecule has 21 heavy (non-hydrogen) atoms. The van der Waals surface area contributed by atoms with Crippen molar-refractivity contribution in [2.75, 3.05) is 33.4 Å². The maximum atomic E-state index is 12.0. The van der Waals surface area contributed by atoms with Crippen molar-refractivity contribution < 1.29 is 9.53 Å². The molecule has 0 unspecified atom stereocenters. The first-order valence-electron chi connectivity index (χ1n) is 6.08. The van der Waals surface area contributed by atoms with Crippen LogP contribution < -0.4 is 10.6 Å². The van der Waals surface area contributed by atoms with Gasteiger partial charge in [0, 0.05) is 51.5 Å². The zero-order valence-electron chi connectivity index (χ0n) is 11.6. The minimum absolute atomic E-state index is 0. The van der Waals surface area contributed by atoms with Gasteiger partial charge in [-0.15, -0.1) is 24.8 Å². The third-order valence-corrected chi connectivity index (χ3v) is 2.60. The molecule has 118 valence electrons. The number of rotatable bonds is 7. The van der Waals surface area contributed by atoms with Crippen LogP contribution in [0.25, 0.3) is 5.65 Å². The average molecular weight is 336 g/mol. The molecular formula is C12H19Cl2N5O2. The molecule has 0 saturated heterocycles. The fourth-order valence-electron chi connectivity index (χ4n) is 1.66. The Morgan fingerprint density at radius 2 is 1.90 bits per heavy atom. The summed E-state index contributed by atoms with van der Waals surface area (Å²) in [6.45, 7) is 2.64. The van der Waals surface area contributed by atoms with E-state index in [0.29, 0.717) is 31.0 Å². The number of methoxy groups -OCH3 is 1. The average Bonchev–Trinajstić information content (AvgIpc) is 2.90. The molecule has 0 aliphatic heterocycles. The van der Waals surface area contributed by atoms with Gasteiger partial charge in [-0.05, 0) is 0 Å². The molecule has 0 fully saturated rings. The zero-order valence-corrected chi connectivity index (χ0v) is 13.2. The number of amides is 1. The number of aromatic nitrogens is 3. The van der Waals surface area contributed by atoms with E-state index in [2.05, 4.69) is 20.6 Å². The van der Waals surface area contributed by atoms with Crippen LogP contribution >= 0.6 is 24.8 Å². The first-order valence-corrected chi connectivity index (χ1v) is 6.08. The van der Waals surface area contributed by atoms with Crippen LogP contribution in [0.3, 0.4) is 0 Å². The van der Waals surface area contributed by atoms with Gasteiger partial charge in [-0.2, -0.15) is 0 Å². The van der Waals surface area contributed by atoms with E-state index >= 15 is 0 Å². The van der Waals surface area contributed by atoms with E-state index in [9.17, 15) is 4.79 Å². The quantitative estimate of drug-likeness (QED) is 0.722. The number of halogens is 2. The third-order valence-electron chi connectivity index (χ3n) is 2.60. The summed E-state index contributed by atoms with van der Waals surface area (Å²) in [7, 11) is 1.65. The lowest BCUT2D eigenvalue weighted by Crippen LogP contribution is -2.33. The molecule has 0 aliphatic rings. The van der Waals surface area contributed by atoms with E-state index < -0.39 is 0 Å². The highest BCUT2D eigenvalue weighted by Gasteiger charge is 2.12. The predicted octanol–water partition coefficient (Wildman–Crippen LogP) is 0.539. The van der Waals surface area contributed by atoms with Crippen molar-refractivity contribution in [2.24, 2.45) is 0 Å². The number of hydrogen-bond acceptors (Lipinski definition) is 5. The molecular weight excluding hydrogens is 317 g/mol. The molecule has 2 heterocycles. The van der Waals surface area contributed by atoms with Crippen LogP contribution in [0.1, 0.15) is 10.5 Å². The summed E-state index contributed by atoms with van der Waals surface area (Å²) >= 11 is 0. The van der Waals surface area contributed by atoms with Gasteiger partial charge >= 0.3 is 0 Å². The van der Waals surface area contributed by atoms with Gasteiger partial charge in [-0.3, -0.25) is 4.79 Å². The molecule has 0 bridgehead atoms. The summed E-state index contributed by atoms with van der Waals surface area (Å²) in [5.74, 6) is -0.217. The maximum Gasteiger partial charge on any atom is 0.273 e. The monoisotopic (exact) mass is 335 g/mol. The molecule has 2 aromatic heterocycles. The lowest BCUT2D eigenvalue weighted by molar-refractivity contribution is 0.0950. The Hall–Kier alpha value is -1.41. The maximum absolute atomic E-state index is 12.0. The van der Waals surface area contributed by atoms with Gasteiger partial charge in [0.05, 0.1) is 6.61 Å². The van der Waals surface area contributed by atoms with E-state index in [1.165, 1.54) is 0 Å². The van der Waals surface area contributed by atoms with Crippen LogP contribution in [0.2, 0.25) is 0 Å². The zero-order chi connectivity index (χ0) is 13.5. The lowest BCUT2D eigenvalue weighted by Gasteiger charge is -2.06. The molecule has 2 aromatic rings. The van der Waals surface area contributed by atoms with Crippen molar-refractivity contribution in [3.8, 4) is 0 Å². The largest absolute Gasteiger partial charge is 0.383 e. The fourth-order valence-corrected chi connectivity index (χ4v) is 1.66. The second-order valence-corrected chi connectivity index (χ2v) is 3.93. The van der Waals surface area contributed by atoms with Crippen LogP contribution in [0, 0.1) is 0 Å². The van der Waals surface area contributed by atoms with Gasteiger partial charge in [0.15, 0.2) is 11.3 Å². The number of nitrogens with zero attached hydrogens (tertiary/aromatic N) is 3. The summed E-state index contributed by atoms with van der Waals surface area (Å²) in [4.78, 5) is 20.2. The minimum Gasteiger partial charge on any atom is -0.383 e. The number of fused-ring (bicyclic) bond motifs is 1. The summed E-state index contributed by atoms with van der Waals surface area (Å²) < 4.78 is 6.67. The molecule has 2 N–H and O–H groups in total. The van der Waals surface area contributed by atoms with Crippen molar-refractivity contribution in [1.29, 1.82) is 0 Å². The molecule has 0 aliphatic carbocycles. The van der Waals surface area contributed by atoms with E-state index in [4.69, 9.17) is 4.74 Å². The molecule has 0 aromatic carbocycles. The second-order valence-electron chi connectivity index (χ2n) is 3.93. The van der Waals surface area contributed by atoms with Crippen LogP contribution in [-0.2, 0) is 4.74 Å². The van der Waals surface area contributed by atoms with Gasteiger partial charge < -0.3 is 19.8 Å². The highest BCUT2D eigenvalue weighted by atomic mass is 35.5. The molecule has 7 nitrogen and oxygen atoms in total. The Bertz CT molecular complexity index is 549. The second kappa shape index (κ2) is 10.3. The van der Waals surface area contributed by atoms with E-state index in [1.54, 1.807) is 36.3 Å². The molecule has 0 spiro atoms. The number of nitrogens with one attached hydrogen (secondary N) is 2. The van der Waals surface area contributed by atoms with Crippen molar-refractivity contribution in [3.63, 3.8) is 0 Å². The Labute approximate surface area is 135 Å². The number of hydrogen-bond donors (Lipinski definition) is 2. The topological polar surface area (TPSA) is 80.5 Å². The predicted molar refractivity (Wildman–Crippen MR) is 84.6 cm³/mol. The van der Waals surface area contributed by atoms with Crippen LogP contribution in [0.15, 0.2) is 24.8 Å². The van der Waals surface area contributed by atoms with Gasteiger partial charge in [-0.1, -0.05) is 0 Å². The first kappa shape index (κ1) is 19.6. The van der Waals surface area contributed by atoms with Gasteiger partial charge in [0.1, 0.15) is 0 Å². The van der Waals surface area contributed by atoms with Gasteiger partial charge in [0.25, 0.3) is 5.91 Å². The summed E-state index contributed by atoms with van der Waals surface area (Å²) in [6.07, 6.45) is 6.76. The number of carbonyl (C=O) groups is 1. The first-order chi connectivity index (χ1) is 9.33. The highest BCUT2D eigenvalue weighted by molar-refractivity contribution is 5.97. The van der Waals surface area contributed by atoms with E-state index in [-0.39, 0.29) is 30.7 Å². The lowest BCUT2D eigenvalue weighted by atomic mass is 10.4. The molecule has 2 rings (SSSR count). The van der Waals surface area contributed by atoms with Crippen molar-refractivity contribution >= 4 is 36.4 Å². The Morgan fingerprint density at radius 1 is 1.19 bits per heavy atom. The van der Waals surface area contributed by atoms with Crippen LogP contribution in [0.4, 0.5) is 0 Å². The molecule has 9 heteroatoms. The minimum atomic E-state index is -0.217. The standard InChI is InChI=1S/C12H17N5O2.2ClH/c1-19-9-6-13-2-3-16-12(18)10-11-15-5-8-17(11)7-4-14-10;;/h4-5,7-8,13H,2-3,6,9H2,1H3,(H,16,18);2*1H. The van der Waals surface area contributed by atoms with Crippen LogP contribution in [-0.4, -0.2) is 53.6 Å². The third kappa shape index (κ3) is 5.47. The molecule has 1 amide bonds. The smallest absolute Gasteiger partial charge is 0.273 e. The van der Waals surface area contributed by atoms with E-state index in [0.717, 1.165) is 6.54 Å². The summed E-state index contributed by atoms with van der Waals surface area (Å²) in [5, 5.41) is 5.94. The Morgan fingerprint density at radius 3 is 2.62 bits per heavy atom. The molecule has 0 atom stereocenters. The Balaban J connectivity index is 0.00000200. The fraction of sp³-hybridized carbons (Fsp3) is 0.417. The number of ether oxygens (including phenoxy) is 1. The number of carbonyl (C=O) groups excluding carboxylic acids is 1. The highest BCUT2D eigenvalue weighted by Crippen LogP contribution is 2.04. The Kier molecular flexibility index (Phi) is 9.64. The van der Waals surface area contributed by atoms with Gasteiger partial charge in [0.2, 0.25) is 0 Å². The van der Waals surface area contributed by atoms with Crippen LogP contribution in [0.5, 0.6) is 0 Å².